The summed E-state index contributed by atoms with van der Waals surface area (Å²) in [5.74, 6) is 0.609. The van der Waals surface area contributed by atoms with Gasteiger partial charge in [-0.15, -0.1) is 0 Å². The Morgan fingerprint density at radius 2 is 1.90 bits per heavy atom. The summed E-state index contributed by atoms with van der Waals surface area (Å²) in [7, 11) is 4.18. The molecule has 0 aliphatic carbocycles. The van der Waals surface area contributed by atoms with E-state index in [1.165, 1.54) is 0 Å². The van der Waals surface area contributed by atoms with Crippen LogP contribution < -0.4 is 4.90 Å². The fraction of sp³-hybridized carbons (Fsp3) is 0.688. The minimum Gasteiger partial charge on any atom is -0.387 e. The van der Waals surface area contributed by atoms with Crippen LogP contribution in [0.2, 0.25) is 0 Å². The van der Waals surface area contributed by atoms with Crippen LogP contribution in [-0.4, -0.2) is 48.7 Å². The first-order valence-corrected chi connectivity index (χ1v) is 7.47. The predicted octanol–water partition coefficient (Wildman–Crippen LogP) is 2.55. The maximum atomic E-state index is 9.80. The lowest BCUT2D eigenvalue weighted by Crippen LogP contribution is -2.34. The molecule has 0 amide bonds. The molecular formula is C16H29N3O. The minimum atomic E-state index is -0.454. The minimum absolute atomic E-state index is 0.454. The second kappa shape index (κ2) is 8.22. The zero-order valence-corrected chi connectivity index (χ0v) is 13.5. The summed E-state index contributed by atoms with van der Waals surface area (Å²) in [6, 6.07) is 4.01. The molecule has 0 aromatic carbocycles. The molecular weight excluding hydrogens is 250 g/mol. The number of aromatic nitrogens is 1. The van der Waals surface area contributed by atoms with Crippen LogP contribution >= 0.6 is 0 Å². The molecule has 0 aliphatic rings. The maximum Gasteiger partial charge on any atom is 0.0957 e. The molecule has 4 heteroatoms. The smallest absolute Gasteiger partial charge is 0.0957 e. The monoisotopic (exact) mass is 279 g/mol. The van der Waals surface area contributed by atoms with Crippen LogP contribution in [0.15, 0.2) is 18.3 Å². The molecule has 0 saturated heterocycles. The predicted molar refractivity (Wildman–Crippen MR) is 85.1 cm³/mol. The topological polar surface area (TPSA) is 39.6 Å². The van der Waals surface area contributed by atoms with Crippen molar-refractivity contribution in [3.63, 3.8) is 0 Å². The summed E-state index contributed by atoms with van der Waals surface area (Å²) in [6.07, 6.45) is 2.12. The zero-order valence-electron chi connectivity index (χ0n) is 13.5. The molecule has 0 bridgehead atoms. The van der Waals surface area contributed by atoms with Crippen LogP contribution in [0.1, 0.15) is 39.0 Å². The van der Waals surface area contributed by atoms with Gasteiger partial charge >= 0.3 is 0 Å². The lowest BCUT2D eigenvalue weighted by atomic mass is 10.1. The molecule has 0 aliphatic heterocycles. The second-order valence-corrected chi connectivity index (χ2v) is 6.01. The van der Waals surface area contributed by atoms with Crippen molar-refractivity contribution in [2.45, 2.75) is 33.3 Å². The van der Waals surface area contributed by atoms with E-state index in [1.807, 2.05) is 19.2 Å². The van der Waals surface area contributed by atoms with Crippen molar-refractivity contribution in [1.29, 1.82) is 0 Å². The summed E-state index contributed by atoms with van der Waals surface area (Å²) >= 11 is 0. The van der Waals surface area contributed by atoms with E-state index in [4.69, 9.17) is 0 Å². The molecule has 0 radical (unpaired) electrons. The van der Waals surface area contributed by atoms with Gasteiger partial charge in [-0.1, -0.05) is 20.8 Å². The summed E-state index contributed by atoms with van der Waals surface area (Å²) in [5.41, 5.74) is 1.89. The number of anilines is 1. The Balaban J connectivity index is 2.79. The maximum absolute atomic E-state index is 9.80. The van der Waals surface area contributed by atoms with E-state index in [9.17, 15) is 5.11 Å². The van der Waals surface area contributed by atoms with Crippen LogP contribution in [0.25, 0.3) is 0 Å². The molecule has 4 nitrogen and oxygen atoms in total. The normalized spacial score (nSPS) is 13.0. The standard InChI is InChI=1S/C16H29N3O/c1-6-16(20)15-8-7-14(11-17-15)19(12-13(2)3)10-9-18(4)5/h7-8,11,13,16,20H,6,9-10,12H2,1-5H3. The van der Waals surface area contributed by atoms with Crippen LogP contribution in [0.4, 0.5) is 5.69 Å². The lowest BCUT2D eigenvalue weighted by molar-refractivity contribution is 0.169. The highest BCUT2D eigenvalue weighted by Crippen LogP contribution is 2.19. The number of nitrogens with zero attached hydrogens (tertiary/aromatic N) is 3. The Morgan fingerprint density at radius 1 is 1.20 bits per heavy atom. The van der Waals surface area contributed by atoms with E-state index in [0.717, 1.165) is 31.0 Å². The Hall–Kier alpha value is -1.13. The van der Waals surface area contributed by atoms with Gasteiger partial charge in [-0.05, 0) is 38.6 Å². The van der Waals surface area contributed by atoms with Crippen molar-refractivity contribution in [3.8, 4) is 0 Å². The number of rotatable bonds is 8. The van der Waals surface area contributed by atoms with Gasteiger partial charge in [-0.25, -0.2) is 0 Å². The molecule has 1 heterocycles. The fourth-order valence-electron chi connectivity index (χ4n) is 2.08. The second-order valence-electron chi connectivity index (χ2n) is 6.01. The van der Waals surface area contributed by atoms with Gasteiger partial charge in [0.25, 0.3) is 0 Å². The molecule has 114 valence electrons. The number of hydrogen-bond acceptors (Lipinski definition) is 4. The molecule has 0 spiro atoms. The van der Waals surface area contributed by atoms with Crippen molar-refractivity contribution < 1.29 is 5.11 Å². The average molecular weight is 279 g/mol. The summed E-state index contributed by atoms with van der Waals surface area (Å²) in [4.78, 5) is 8.95. The average Bonchev–Trinajstić information content (AvgIpc) is 2.42. The van der Waals surface area contributed by atoms with E-state index in [2.05, 4.69) is 48.8 Å². The van der Waals surface area contributed by atoms with Crippen LogP contribution in [0.5, 0.6) is 0 Å². The first kappa shape index (κ1) is 16.9. The van der Waals surface area contributed by atoms with Gasteiger partial charge in [0.15, 0.2) is 0 Å². The van der Waals surface area contributed by atoms with E-state index in [0.29, 0.717) is 12.3 Å². The highest BCUT2D eigenvalue weighted by Gasteiger charge is 2.11. The third kappa shape index (κ3) is 5.47. The third-order valence-corrected chi connectivity index (χ3v) is 3.27. The highest BCUT2D eigenvalue weighted by atomic mass is 16.3. The largest absolute Gasteiger partial charge is 0.387 e. The molecule has 1 rings (SSSR count). The van der Waals surface area contributed by atoms with E-state index in [1.54, 1.807) is 0 Å². The fourth-order valence-corrected chi connectivity index (χ4v) is 2.08. The summed E-state index contributed by atoms with van der Waals surface area (Å²) in [6.45, 7) is 9.44. The van der Waals surface area contributed by atoms with Crippen LogP contribution in [0.3, 0.4) is 0 Å². The highest BCUT2D eigenvalue weighted by molar-refractivity contribution is 5.44. The Bertz CT molecular complexity index is 376. The van der Waals surface area contributed by atoms with E-state index in [-0.39, 0.29) is 0 Å². The first-order valence-electron chi connectivity index (χ1n) is 7.47. The molecule has 0 fully saturated rings. The van der Waals surface area contributed by atoms with Gasteiger partial charge in [0.2, 0.25) is 0 Å². The van der Waals surface area contributed by atoms with E-state index >= 15 is 0 Å². The van der Waals surface area contributed by atoms with Gasteiger partial charge in [0.1, 0.15) is 0 Å². The van der Waals surface area contributed by atoms with E-state index < -0.39 is 6.10 Å². The van der Waals surface area contributed by atoms with Crippen LogP contribution in [-0.2, 0) is 0 Å². The number of aliphatic hydroxyl groups is 1. The van der Waals surface area contributed by atoms with Gasteiger partial charge < -0.3 is 14.9 Å². The van der Waals surface area contributed by atoms with Crippen molar-refractivity contribution >= 4 is 5.69 Å². The number of hydrogen-bond donors (Lipinski definition) is 1. The summed E-state index contributed by atoms with van der Waals surface area (Å²) < 4.78 is 0. The molecule has 0 saturated carbocycles. The van der Waals surface area contributed by atoms with Gasteiger partial charge in [0, 0.05) is 19.6 Å². The lowest BCUT2D eigenvalue weighted by Gasteiger charge is -2.28. The molecule has 1 atom stereocenters. The van der Waals surface area contributed by atoms with Crippen molar-refractivity contribution in [2.24, 2.45) is 5.92 Å². The first-order chi connectivity index (χ1) is 9.43. The number of aliphatic hydroxyl groups excluding tert-OH is 1. The molecule has 1 aromatic rings. The van der Waals surface area contributed by atoms with Crippen LogP contribution in [0, 0.1) is 5.92 Å². The zero-order chi connectivity index (χ0) is 15.1. The third-order valence-electron chi connectivity index (χ3n) is 3.27. The number of pyridine rings is 1. The van der Waals surface area contributed by atoms with Gasteiger partial charge in [0.05, 0.1) is 23.7 Å². The SMILES string of the molecule is CCC(O)c1ccc(N(CCN(C)C)CC(C)C)cn1. The molecule has 20 heavy (non-hydrogen) atoms. The van der Waals surface area contributed by atoms with Crippen molar-refractivity contribution in [3.05, 3.63) is 24.0 Å². The van der Waals surface area contributed by atoms with Gasteiger partial charge in [-0.2, -0.15) is 0 Å². The van der Waals surface area contributed by atoms with Crippen molar-refractivity contribution in [2.75, 3.05) is 38.6 Å². The molecule has 1 unspecified atom stereocenters. The molecule has 1 aromatic heterocycles. The Labute approximate surface area is 123 Å². The summed E-state index contributed by atoms with van der Waals surface area (Å²) in [5, 5.41) is 9.80. The Morgan fingerprint density at radius 3 is 2.35 bits per heavy atom. The quantitative estimate of drug-likeness (QED) is 0.794. The molecule has 1 N–H and O–H groups in total. The van der Waals surface area contributed by atoms with Crippen molar-refractivity contribution in [1.82, 2.24) is 9.88 Å². The Kier molecular flexibility index (Phi) is 6.96. The van der Waals surface area contributed by atoms with Gasteiger partial charge in [-0.3, -0.25) is 4.98 Å². The number of likely N-dealkylation sites (N-methyl/N-ethyl adjacent to an activating group) is 1.